The fourth-order valence-corrected chi connectivity index (χ4v) is 3.53. The van der Waals surface area contributed by atoms with Crippen LogP contribution in [0.3, 0.4) is 0 Å². The molecule has 0 aliphatic heterocycles. The molecule has 0 saturated heterocycles. The van der Waals surface area contributed by atoms with E-state index in [-0.39, 0.29) is 11.9 Å². The Labute approximate surface area is 133 Å². The number of carbonyl (C=O) groups excluding carboxylic acids is 1. The van der Waals surface area contributed by atoms with Crippen molar-refractivity contribution in [2.45, 2.75) is 31.5 Å². The van der Waals surface area contributed by atoms with Gasteiger partial charge in [-0.25, -0.2) is 4.68 Å². The molecule has 1 aliphatic rings. The van der Waals surface area contributed by atoms with Crippen molar-refractivity contribution in [2.24, 2.45) is 13.0 Å². The van der Waals surface area contributed by atoms with Gasteiger partial charge in [-0.1, -0.05) is 42.4 Å². The molecule has 7 heteroatoms. The van der Waals surface area contributed by atoms with Gasteiger partial charge in [-0.2, -0.15) is 0 Å². The average molecular weight is 317 g/mol. The number of amides is 1. The third-order valence-corrected chi connectivity index (χ3v) is 4.99. The van der Waals surface area contributed by atoms with Crippen molar-refractivity contribution in [2.75, 3.05) is 5.75 Å². The number of hydrogen-bond acceptors (Lipinski definition) is 5. The van der Waals surface area contributed by atoms with Crippen LogP contribution in [-0.2, 0) is 18.3 Å². The molecule has 1 N–H and O–H groups in total. The van der Waals surface area contributed by atoms with Gasteiger partial charge in [-0.05, 0) is 40.8 Å². The fraction of sp³-hybridized carbons (Fsp3) is 0.467. The largest absolute Gasteiger partial charge is 0.348 e. The highest BCUT2D eigenvalue weighted by atomic mass is 32.2. The number of fused-ring (bicyclic) bond motifs is 1. The van der Waals surface area contributed by atoms with E-state index in [1.807, 2.05) is 0 Å². The molecule has 0 spiro atoms. The molecule has 2 aromatic rings. The molecule has 0 radical (unpaired) electrons. The van der Waals surface area contributed by atoms with Crippen LogP contribution in [0.1, 0.15) is 29.7 Å². The van der Waals surface area contributed by atoms with Crippen LogP contribution in [0.5, 0.6) is 0 Å². The van der Waals surface area contributed by atoms with Crippen molar-refractivity contribution >= 4 is 17.7 Å². The maximum Gasteiger partial charge on any atom is 0.230 e. The summed E-state index contributed by atoms with van der Waals surface area (Å²) >= 11 is 1.35. The van der Waals surface area contributed by atoms with E-state index in [0.29, 0.717) is 16.8 Å². The Kier molecular flexibility index (Phi) is 4.15. The number of nitrogens with zero attached hydrogens (tertiary/aromatic N) is 4. The molecule has 0 fully saturated rings. The van der Waals surface area contributed by atoms with Crippen LogP contribution < -0.4 is 5.32 Å². The summed E-state index contributed by atoms with van der Waals surface area (Å²) in [6.07, 6.45) is 1.01. The van der Waals surface area contributed by atoms with Crippen molar-refractivity contribution in [3.05, 3.63) is 34.9 Å². The summed E-state index contributed by atoms with van der Waals surface area (Å²) in [6, 6.07) is 6.59. The number of aryl methyl sites for hydroxylation is 2. The normalized spacial score (nSPS) is 20.0. The Morgan fingerprint density at radius 2 is 2.32 bits per heavy atom. The lowest BCUT2D eigenvalue weighted by Crippen LogP contribution is -2.31. The summed E-state index contributed by atoms with van der Waals surface area (Å²) < 4.78 is 1.56. The molecule has 1 aromatic heterocycles. The van der Waals surface area contributed by atoms with E-state index < -0.39 is 0 Å². The third kappa shape index (κ3) is 2.99. The summed E-state index contributed by atoms with van der Waals surface area (Å²) in [5.41, 5.74) is 3.83. The zero-order valence-corrected chi connectivity index (χ0v) is 13.7. The Morgan fingerprint density at radius 3 is 3.05 bits per heavy atom. The van der Waals surface area contributed by atoms with Crippen LogP contribution in [-0.4, -0.2) is 31.9 Å². The van der Waals surface area contributed by atoms with Crippen LogP contribution in [0.25, 0.3) is 0 Å². The molecule has 1 aromatic carbocycles. The maximum absolute atomic E-state index is 12.2. The number of nitrogens with one attached hydrogen (secondary N) is 1. The number of benzene rings is 1. The highest BCUT2D eigenvalue weighted by Gasteiger charge is 2.30. The standard InChI is InChI=1S/C15H19N5OS/c1-9-4-5-11-7-10(2)14(12(11)6-9)16-13(21)8-22-15-17-18-19-20(15)3/h4-6,10,14H,7-8H2,1-3H3,(H,16,21). The minimum absolute atomic E-state index is 0.0132. The van der Waals surface area contributed by atoms with Crippen molar-refractivity contribution in [1.29, 1.82) is 0 Å². The van der Waals surface area contributed by atoms with Crippen LogP contribution >= 0.6 is 11.8 Å². The lowest BCUT2D eigenvalue weighted by Gasteiger charge is -2.19. The molecule has 1 amide bonds. The summed E-state index contributed by atoms with van der Waals surface area (Å²) in [6.45, 7) is 4.26. The smallest absolute Gasteiger partial charge is 0.230 e. The predicted octanol–water partition coefficient (Wildman–Crippen LogP) is 1.66. The molecule has 22 heavy (non-hydrogen) atoms. The Balaban J connectivity index is 1.65. The molecule has 1 aliphatic carbocycles. The molecule has 6 nitrogen and oxygen atoms in total. The van der Waals surface area contributed by atoms with Crippen LogP contribution in [0.4, 0.5) is 0 Å². The molecule has 116 valence electrons. The second-order valence-electron chi connectivity index (χ2n) is 5.80. The lowest BCUT2D eigenvalue weighted by molar-refractivity contribution is -0.119. The highest BCUT2D eigenvalue weighted by molar-refractivity contribution is 7.99. The summed E-state index contributed by atoms with van der Waals surface area (Å²) in [4.78, 5) is 12.2. The summed E-state index contributed by atoms with van der Waals surface area (Å²) in [7, 11) is 1.76. The Bertz CT molecular complexity index is 699. The molecule has 0 bridgehead atoms. The number of thioether (sulfide) groups is 1. The Hall–Kier alpha value is -1.89. The SMILES string of the molecule is Cc1ccc2c(c1)C(NC(=O)CSc1nnnn1C)C(C)C2. The third-order valence-electron chi connectivity index (χ3n) is 3.98. The van der Waals surface area contributed by atoms with Crippen LogP contribution in [0.15, 0.2) is 23.4 Å². The van der Waals surface area contributed by atoms with E-state index in [4.69, 9.17) is 0 Å². The second-order valence-corrected chi connectivity index (χ2v) is 6.75. The second kappa shape index (κ2) is 6.08. The number of carbonyl (C=O) groups is 1. The van der Waals surface area contributed by atoms with Gasteiger partial charge in [-0.3, -0.25) is 4.79 Å². The van der Waals surface area contributed by atoms with Gasteiger partial charge in [0.2, 0.25) is 11.1 Å². The summed E-state index contributed by atoms with van der Waals surface area (Å²) in [5.74, 6) is 0.750. The molecule has 3 rings (SSSR count). The van der Waals surface area contributed by atoms with E-state index in [0.717, 1.165) is 6.42 Å². The first-order valence-electron chi connectivity index (χ1n) is 7.28. The zero-order valence-electron chi connectivity index (χ0n) is 12.9. The van der Waals surface area contributed by atoms with Crippen molar-refractivity contribution in [1.82, 2.24) is 25.5 Å². The lowest BCUT2D eigenvalue weighted by atomic mass is 10.0. The zero-order chi connectivity index (χ0) is 15.7. The van der Waals surface area contributed by atoms with E-state index in [1.165, 1.54) is 28.5 Å². The van der Waals surface area contributed by atoms with Gasteiger partial charge in [0.1, 0.15) is 0 Å². The monoisotopic (exact) mass is 317 g/mol. The molecule has 1 heterocycles. The van der Waals surface area contributed by atoms with E-state index >= 15 is 0 Å². The van der Waals surface area contributed by atoms with E-state index in [9.17, 15) is 4.79 Å². The van der Waals surface area contributed by atoms with Crippen molar-refractivity contribution in [3.63, 3.8) is 0 Å². The van der Waals surface area contributed by atoms with Gasteiger partial charge in [0.25, 0.3) is 0 Å². The van der Waals surface area contributed by atoms with Crippen molar-refractivity contribution in [3.8, 4) is 0 Å². The number of aromatic nitrogens is 4. The molecule has 0 saturated carbocycles. The van der Waals surface area contributed by atoms with Gasteiger partial charge >= 0.3 is 0 Å². The quantitative estimate of drug-likeness (QED) is 0.868. The first kappa shape index (κ1) is 15.0. The summed E-state index contributed by atoms with van der Waals surface area (Å²) in [5, 5.41) is 15.0. The van der Waals surface area contributed by atoms with Crippen molar-refractivity contribution < 1.29 is 4.79 Å². The molecular formula is C15H19N5OS. The van der Waals surface area contributed by atoms with Crippen LogP contribution in [0, 0.1) is 12.8 Å². The topological polar surface area (TPSA) is 72.7 Å². The van der Waals surface area contributed by atoms with Crippen LogP contribution in [0.2, 0.25) is 0 Å². The predicted molar refractivity (Wildman–Crippen MR) is 84.5 cm³/mol. The van der Waals surface area contributed by atoms with Gasteiger partial charge in [0, 0.05) is 7.05 Å². The number of tetrazole rings is 1. The minimum Gasteiger partial charge on any atom is -0.348 e. The molecule has 2 unspecified atom stereocenters. The number of hydrogen-bond donors (Lipinski definition) is 1. The van der Waals surface area contributed by atoms with Gasteiger partial charge in [0.15, 0.2) is 0 Å². The highest BCUT2D eigenvalue weighted by Crippen LogP contribution is 2.36. The van der Waals surface area contributed by atoms with E-state index in [2.05, 4.69) is 52.9 Å². The van der Waals surface area contributed by atoms with Gasteiger partial charge in [-0.15, -0.1) is 5.10 Å². The van der Waals surface area contributed by atoms with Gasteiger partial charge < -0.3 is 5.32 Å². The minimum atomic E-state index is 0.0132. The van der Waals surface area contributed by atoms with Gasteiger partial charge in [0.05, 0.1) is 11.8 Å². The number of rotatable bonds is 4. The maximum atomic E-state index is 12.2. The van der Waals surface area contributed by atoms with E-state index in [1.54, 1.807) is 11.7 Å². The Morgan fingerprint density at radius 1 is 1.50 bits per heavy atom. The molecular weight excluding hydrogens is 298 g/mol. The molecule has 2 atom stereocenters. The first-order chi connectivity index (χ1) is 10.5. The first-order valence-corrected chi connectivity index (χ1v) is 8.27. The fourth-order valence-electron chi connectivity index (χ4n) is 2.87. The average Bonchev–Trinajstić information content (AvgIpc) is 3.01.